The van der Waals surface area contributed by atoms with Gasteiger partial charge in [-0.25, -0.2) is 4.39 Å². The minimum Gasteiger partial charge on any atom is -0.368 e. The van der Waals surface area contributed by atoms with Gasteiger partial charge in [0.2, 0.25) is 0 Å². The van der Waals surface area contributed by atoms with Crippen LogP contribution in [0.25, 0.3) is 0 Å². The number of benzene rings is 1. The van der Waals surface area contributed by atoms with E-state index in [1.165, 1.54) is 12.1 Å². The van der Waals surface area contributed by atoms with Crippen molar-refractivity contribution in [2.45, 2.75) is 13.8 Å². The van der Waals surface area contributed by atoms with Crippen molar-refractivity contribution >= 4 is 11.4 Å². The number of rotatable bonds is 5. The molecule has 5 nitrogen and oxygen atoms in total. The van der Waals surface area contributed by atoms with Crippen molar-refractivity contribution in [3.8, 4) is 0 Å². The lowest BCUT2D eigenvalue weighted by atomic mass is 9.93. The highest BCUT2D eigenvalue weighted by molar-refractivity contribution is 5.62. The Balaban J connectivity index is 3.05. The van der Waals surface area contributed by atoms with Crippen molar-refractivity contribution in [2.24, 2.45) is 11.1 Å². The van der Waals surface area contributed by atoms with Crippen LogP contribution in [0.4, 0.5) is 15.8 Å². The molecule has 2 N–H and O–H groups in total. The molecule has 0 radical (unpaired) electrons. The van der Waals surface area contributed by atoms with E-state index in [-0.39, 0.29) is 11.1 Å². The second-order valence-corrected chi connectivity index (χ2v) is 5.11. The predicted molar refractivity (Wildman–Crippen MR) is 69.2 cm³/mol. The highest BCUT2D eigenvalue weighted by atomic mass is 19.1. The maximum absolute atomic E-state index is 13.0. The van der Waals surface area contributed by atoms with Crippen LogP contribution in [-0.2, 0) is 0 Å². The number of halogens is 1. The van der Waals surface area contributed by atoms with Crippen LogP contribution in [0.15, 0.2) is 18.2 Å². The summed E-state index contributed by atoms with van der Waals surface area (Å²) in [5.74, 6) is -0.614. The van der Waals surface area contributed by atoms with Crippen LogP contribution >= 0.6 is 0 Å². The molecule has 0 aliphatic carbocycles. The highest BCUT2D eigenvalue weighted by Gasteiger charge is 2.23. The van der Waals surface area contributed by atoms with Crippen LogP contribution in [0.3, 0.4) is 0 Å². The summed E-state index contributed by atoms with van der Waals surface area (Å²) in [6.45, 7) is 4.96. The number of anilines is 1. The first-order chi connectivity index (χ1) is 8.26. The lowest BCUT2D eigenvalue weighted by Gasteiger charge is -2.30. The smallest absolute Gasteiger partial charge is 0.295 e. The van der Waals surface area contributed by atoms with E-state index in [0.717, 1.165) is 6.07 Å². The number of hydrogen-bond acceptors (Lipinski definition) is 4. The molecule has 0 amide bonds. The van der Waals surface area contributed by atoms with E-state index >= 15 is 0 Å². The van der Waals surface area contributed by atoms with E-state index in [0.29, 0.717) is 18.8 Å². The number of nitro benzene ring substituents is 1. The standard InChI is InChI=1S/C12H18FN3O2/c1-12(2,7-14)8-15(3)10-5-4-9(13)6-11(10)16(17)18/h4-6H,7-8,14H2,1-3H3. The molecule has 1 aromatic rings. The molecule has 0 saturated carbocycles. The normalized spacial score (nSPS) is 11.4. The Morgan fingerprint density at radius 3 is 2.61 bits per heavy atom. The highest BCUT2D eigenvalue weighted by Crippen LogP contribution is 2.30. The summed E-state index contributed by atoms with van der Waals surface area (Å²) in [6, 6.07) is 3.57. The molecule has 0 aliphatic heterocycles. The number of nitrogens with two attached hydrogens (primary N) is 1. The Morgan fingerprint density at radius 1 is 1.50 bits per heavy atom. The van der Waals surface area contributed by atoms with Crippen molar-refractivity contribution in [1.82, 2.24) is 0 Å². The molecule has 1 aromatic carbocycles. The maximum atomic E-state index is 13.0. The third-order valence-corrected chi connectivity index (χ3v) is 2.76. The van der Waals surface area contributed by atoms with Crippen LogP contribution in [0.1, 0.15) is 13.8 Å². The van der Waals surface area contributed by atoms with E-state index in [1.807, 2.05) is 13.8 Å². The fourth-order valence-corrected chi connectivity index (χ4v) is 1.76. The molecule has 0 unspecified atom stereocenters. The van der Waals surface area contributed by atoms with E-state index in [1.54, 1.807) is 11.9 Å². The summed E-state index contributed by atoms with van der Waals surface area (Å²) in [4.78, 5) is 12.0. The topological polar surface area (TPSA) is 72.4 Å². The van der Waals surface area contributed by atoms with Gasteiger partial charge in [-0.3, -0.25) is 10.1 Å². The van der Waals surface area contributed by atoms with Crippen molar-refractivity contribution in [2.75, 3.05) is 25.0 Å². The summed E-state index contributed by atoms with van der Waals surface area (Å²) in [5, 5.41) is 10.9. The van der Waals surface area contributed by atoms with Crippen LogP contribution in [0, 0.1) is 21.3 Å². The van der Waals surface area contributed by atoms with Gasteiger partial charge in [0.05, 0.1) is 11.0 Å². The minimum absolute atomic E-state index is 0.170. The van der Waals surface area contributed by atoms with Crippen molar-refractivity contribution in [3.05, 3.63) is 34.1 Å². The van der Waals surface area contributed by atoms with Gasteiger partial charge >= 0.3 is 0 Å². The third kappa shape index (κ3) is 3.40. The molecule has 0 spiro atoms. The largest absolute Gasteiger partial charge is 0.368 e. The lowest BCUT2D eigenvalue weighted by Crippen LogP contribution is -2.37. The number of hydrogen-bond donors (Lipinski definition) is 1. The van der Waals surface area contributed by atoms with Gasteiger partial charge in [0, 0.05) is 13.6 Å². The van der Waals surface area contributed by atoms with Crippen LogP contribution in [0.5, 0.6) is 0 Å². The molecule has 0 aromatic heterocycles. The predicted octanol–water partition coefficient (Wildman–Crippen LogP) is 2.15. The van der Waals surface area contributed by atoms with E-state index < -0.39 is 10.7 Å². The Morgan fingerprint density at radius 2 is 2.11 bits per heavy atom. The average Bonchev–Trinajstić information content (AvgIpc) is 2.28. The summed E-state index contributed by atoms with van der Waals surface area (Å²) in [6.07, 6.45) is 0. The molecule has 100 valence electrons. The van der Waals surface area contributed by atoms with Gasteiger partial charge in [0.25, 0.3) is 5.69 Å². The van der Waals surface area contributed by atoms with E-state index in [4.69, 9.17) is 5.73 Å². The van der Waals surface area contributed by atoms with Gasteiger partial charge in [-0.2, -0.15) is 0 Å². The quantitative estimate of drug-likeness (QED) is 0.646. The van der Waals surface area contributed by atoms with E-state index in [9.17, 15) is 14.5 Å². The van der Waals surface area contributed by atoms with Gasteiger partial charge in [-0.05, 0) is 24.1 Å². The molecule has 0 fully saturated rings. The summed E-state index contributed by atoms with van der Waals surface area (Å²) in [7, 11) is 1.73. The van der Waals surface area contributed by atoms with Crippen LogP contribution < -0.4 is 10.6 Å². The fraction of sp³-hybridized carbons (Fsp3) is 0.500. The average molecular weight is 255 g/mol. The first kappa shape index (κ1) is 14.4. The van der Waals surface area contributed by atoms with Crippen molar-refractivity contribution in [1.29, 1.82) is 0 Å². The minimum atomic E-state index is -0.614. The Kier molecular flexibility index (Phi) is 4.24. The van der Waals surface area contributed by atoms with Gasteiger partial charge in [0.15, 0.2) is 0 Å². The van der Waals surface area contributed by atoms with Crippen LogP contribution in [0.2, 0.25) is 0 Å². The van der Waals surface area contributed by atoms with Gasteiger partial charge in [-0.1, -0.05) is 13.8 Å². The molecular formula is C12H18FN3O2. The maximum Gasteiger partial charge on any atom is 0.295 e. The molecule has 18 heavy (non-hydrogen) atoms. The summed E-state index contributed by atoms with van der Waals surface area (Å²) < 4.78 is 13.0. The zero-order chi connectivity index (χ0) is 13.9. The first-order valence-electron chi connectivity index (χ1n) is 5.62. The monoisotopic (exact) mass is 255 g/mol. The molecule has 6 heteroatoms. The van der Waals surface area contributed by atoms with Gasteiger partial charge in [-0.15, -0.1) is 0 Å². The third-order valence-electron chi connectivity index (χ3n) is 2.76. The van der Waals surface area contributed by atoms with Crippen molar-refractivity contribution < 1.29 is 9.31 Å². The lowest BCUT2D eigenvalue weighted by molar-refractivity contribution is -0.384. The molecule has 0 aliphatic rings. The molecule has 0 saturated heterocycles. The van der Waals surface area contributed by atoms with Gasteiger partial charge < -0.3 is 10.6 Å². The van der Waals surface area contributed by atoms with E-state index in [2.05, 4.69) is 0 Å². The molecule has 0 bridgehead atoms. The van der Waals surface area contributed by atoms with Gasteiger partial charge in [0.1, 0.15) is 11.5 Å². The molecular weight excluding hydrogens is 237 g/mol. The number of nitro groups is 1. The Hall–Kier alpha value is -1.69. The zero-order valence-corrected chi connectivity index (χ0v) is 10.8. The SMILES string of the molecule is CN(CC(C)(C)CN)c1ccc(F)cc1[N+](=O)[O-]. The Labute approximate surface area is 106 Å². The second kappa shape index (κ2) is 5.30. The molecule has 0 atom stereocenters. The fourth-order valence-electron chi connectivity index (χ4n) is 1.76. The molecule has 1 rings (SSSR count). The zero-order valence-electron chi connectivity index (χ0n) is 10.8. The summed E-state index contributed by atoms with van der Waals surface area (Å²) in [5.41, 5.74) is 5.62. The first-order valence-corrected chi connectivity index (χ1v) is 5.62. The van der Waals surface area contributed by atoms with Crippen molar-refractivity contribution in [3.63, 3.8) is 0 Å². The number of nitrogens with zero attached hydrogens (tertiary/aromatic N) is 2. The van der Waals surface area contributed by atoms with Crippen LogP contribution in [-0.4, -0.2) is 25.1 Å². The molecule has 0 heterocycles. The second-order valence-electron chi connectivity index (χ2n) is 5.11. The summed E-state index contributed by atoms with van der Waals surface area (Å²) >= 11 is 0. The Bertz CT molecular complexity index is 449.